The third-order valence-corrected chi connectivity index (χ3v) is 12.1. The van der Waals surface area contributed by atoms with Gasteiger partial charge in [0.15, 0.2) is 0 Å². The highest BCUT2D eigenvalue weighted by Crippen LogP contribution is 2.42. The molecule has 0 atom stereocenters. The zero-order chi connectivity index (χ0) is 40.9. The van der Waals surface area contributed by atoms with Crippen LogP contribution in [-0.2, 0) is 12.8 Å². The van der Waals surface area contributed by atoms with Crippen molar-refractivity contribution in [2.24, 2.45) is 0 Å². The van der Waals surface area contributed by atoms with E-state index in [0.29, 0.717) is 0 Å². The van der Waals surface area contributed by atoms with E-state index in [0.717, 1.165) is 128 Å². The Morgan fingerprint density at radius 2 is 0.783 bits per heavy atom. The highest BCUT2D eigenvalue weighted by Gasteiger charge is 2.24. The summed E-state index contributed by atoms with van der Waals surface area (Å²) in [5, 5.41) is 9.88. The van der Waals surface area contributed by atoms with E-state index in [9.17, 15) is 9.90 Å². The summed E-state index contributed by atoms with van der Waals surface area (Å²) in [6, 6.07) is 42.9. The maximum atomic E-state index is 12.1. The van der Waals surface area contributed by atoms with Gasteiger partial charge in [0.2, 0.25) is 0 Å². The average molecular weight is 783 g/mol. The Hall–Kier alpha value is -7.05. The van der Waals surface area contributed by atoms with Gasteiger partial charge < -0.3 is 5.11 Å². The quantitative estimate of drug-likeness (QED) is 0.142. The van der Waals surface area contributed by atoms with Crippen molar-refractivity contribution in [1.29, 1.82) is 0 Å². The fourth-order valence-corrected chi connectivity index (χ4v) is 8.97. The van der Waals surface area contributed by atoms with E-state index >= 15 is 0 Å². The number of aryl methyl sites for hydroxylation is 3. The largest absolute Gasteiger partial charge is 0.478 e. The third kappa shape index (κ3) is 6.40. The number of carbonyl (C=O) groups is 1. The van der Waals surface area contributed by atoms with Gasteiger partial charge in [0.25, 0.3) is 0 Å². The number of carboxylic acids is 1. The van der Waals surface area contributed by atoms with E-state index in [1.165, 1.54) is 16.7 Å². The number of rotatable bonds is 11. The van der Waals surface area contributed by atoms with Gasteiger partial charge in [0, 0.05) is 22.3 Å². The minimum Gasteiger partial charge on any atom is -0.478 e. The molecule has 60 heavy (non-hydrogen) atoms. The molecule has 6 nitrogen and oxygen atoms in total. The molecule has 2 aliphatic heterocycles. The zero-order valence-electron chi connectivity index (χ0n) is 34.2. The summed E-state index contributed by atoms with van der Waals surface area (Å²) in [6.45, 7) is 6.59. The van der Waals surface area contributed by atoms with Crippen LogP contribution < -0.4 is 0 Å². The lowest BCUT2D eigenvalue weighted by Gasteiger charge is -2.13. The Labute approximate surface area is 350 Å². The van der Waals surface area contributed by atoms with E-state index in [1.807, 2.05) is 12.1 Å². The van der Waals surface area contributed by atoms with E-state index in [-0.39, 0.29) is 5.56 Å². The predicted molar refractivity (Wildman–Crippen MR) is 248 cm³/mol. The monoisotopic (exact) mass is 782 g/mol. The van der Waals surface area contributed by atoms with Crippen molar-refractivity contribution < 1.29 is 9.90 Å². The van der Waals surface area contributed by atoms with Crippen molar-refractivity contribution in [1.82, 2.24) is 19.0 Å². The number of unbranched alkanes of at least 4 members (excludes halogenated alkanes) is 2. The topological polar surface area (TPSA) is 71.9 Å². The number of hydrogen-bond acceptors (Lipinski definition) is 3. The second-order valence-corrected chi connectivity index (χ2v) is 16.1. The molecule has 0 saturated carbocycles. The first kappa shape index (κ1) is 37.2. The average Bonchev–Trinajstić information content (AvgIpc) is 4.11. The van der Waals surface area contributed by atoms with Crippen molar-refractivity contribution >= 4 is 52.3 Å². The van der Waals surface area contributed by atoms with E-state index in [2.05, 4.69) is 151 Å². The minimum absolute atomic E-state index is 0.238. The molecular weight excluding hydrogens is 737 g/mol. The zero-order valence-corrected chi connectivity index (χ0v) is 34.2. The van der Waals surface area contributed by atoms with Crippen LogP contribution in [0.2, 0.25) is 0 Å². The van der Waals surface area contributed by atoms with Crippen LogP contribution in [0.25, 0.3) is 90.9 Å². The first-order valence-electron chi connectivity index (χ1n) is 21.2. The van der Waals surface area contributed by atoms with Crippen molar-refractivity contribution in [3.63, 3.8) is 0 Å². The molecule has 0 fully saturated rings. The van der Waals surface area contributed by atoms with Gasteiger partial charge in [-0.25, -0.2) is 23.8 Å². The maximum absolute atomic E-state index is 12.1. The summed E-state index contributed by atoms with van der Waals surface area (Å²) in [5.74, 6) is -0.958. The fraction of sp³-hybridized carbons (Fsp3) is 0.167. The molecule has 4 aromatic carbocycles. The summed E-state index contributed by atoms with van der Waals surface area (Å²) >= 11 is 0. The molecular formula is C54H46N4O2. The van der Waals surface area contributed by atoms with Crippen molar-refractivity contribution in [2.45, 2.75) is 59.3 Å². The van der Waals surface area contributed by atoms with Crippen molar-refractivity contribution in [3.8, 4) is 44.5 Å². The second kappa shape index (κ2) is 15.3. The number of nitrogens with zero attached hydrogens (tertiary/aromatic N) is 4. The highest BCUT2D eigenvalue weighted by molar-refractivity contribution is 6.02. The molecule has 0 saturated heterocycles. The highest BCUT2D eigenvalue weighted by atomic mass is 16.4. The van der Waals surface area contributed by atoms with Gasteiger partial charge >= 0.3 is 5.97 Å². The smallest absolute Gasteiger partial charge is 0.335 e. The molecule has 8 aromatic rings. The molecule has 294 valence electrons. The van der Waals surface area contributed by atoms with Crippen LogP contribution in [0.1, 0.15) is 89.4 Å². The second-order valence-electron chi connectivity index (χ2n) is 16.1. The van der Waals surface area contributed by atoms with Crippen molar-refractivity contribution in [3.05, 3.63) is 166 Å². The molecule has 4 bridgehead atoms. The van der Waals surface area contributed by atoms with Gasteiger partial charge in [0.05, 0.1) is 50.4 Å². The SMILES string of the molecule is CCCCc1ccc(-c2c3nc(c(-c4ccc(C(=O)O)cc4)c4ccc5c(-c6ccc(CCCC)cc6)c6nc(c(-c7ccc(C)cc7)c7ccc2n7n54)C=C6)C=C3)cc1. The summed E-state index contributed by atoms with van der Waals surface area (Å²) in [4.78, 5) is 23.0. The Kier molecular flexibility index (Phi) is 9.48. The third-order valence-electron chi connectivity index (χ3n) is 12.1. The van der Waals surface area contributed by atoms with Crippen molar-refractivity contribution in [2.75, 3.05) is 0 Å². The molecule has 0 unspecified atom stereocenters. The summed E-state index contributed by atoms with van der Waals surface area (Å²) in [6.07, 6.45) is 15.2. The maximum Gasteiger partial charge on any atom is 0.335 e. The molecule has 4 aromatic heterocycles. The number of hydrogen-bond donors (Lipinski definition) is 1. The normalized spacial score (nSPS) is 12.3. The van der Waals surface area contributed by atoms with Crippen LogP contribution in [0.3, 0.4) is 0 Å². The lowest BCUT2D eigenvalue weighted by Crippen LogP contribution is -2.02. The Morgan fingerprint density at radius 1 is 0.467 bits per heavy atom. The standard InChI is InChI=1S/C54H46N4O2/c1-4-6-8-35-12-18-38(19-13-35)51-43-27-26-42(55-43)50(37-16-10-34(3)11-17-37)46-30-31-47-52(39-20-14-36(15-21-39)9-7-5-2)44-28-29-45(56-44)53(40-22-24-41(25-23-40)54(59)60)49-33-32-48(51)58(49)57(46)47/h10-33H,4-9H2,1-3H3,(H,59,60). The number of fused-ring (bicyclic) bond motifs is 4. The summed E-state index contributed by atoms with van der Waals surface area (Å²) in [7, 11) is 0. The van der Waals surface area contributed by atoms with Crippen LogP contribution in [0.5, 0.6) is 0 Å². The molecule has 6 heterocycles. The summed E-state index contributed by atoms with van der Waals surface area (Å²) < 4.78 is 4.75. The lowest BCUT2D eigenvalue weighted by molar-refractivity contribution is 0.0697. The summed E-state index contributed by atoms with van der Waals surface area (Å²) in [5.41, 5.74) is 19.6. The number of benzene rings is 4. The number of aromatic nitrogens is 4. The molecule has 0 aliphatic carbocycles. The Balaban J connectivity index is 1.43. The van der Waals surface area contributed by atoms with Crippen LogP contribution in [0, 0.1) is 6.92 Å². The molecule has 0 radical (unpaired) electrons. The Morgan fingerprint density at radius 3 is 1.10 bits per heavy atom. The fourth-order valence-electron chi connectivity index (χ4n) is 8.97. The van der Waals surface area contributed by atoms with Gasteiger partial charge in [-0.05, 0) is 127 Å². The molecule has 10 rings (SSSR count). The van der Waals surface area contributed by atoms with Gasteiger partial charge in [0.1, 0.15) is 0 Å². The molecule has 2 aliphatic rings. The van der Waals surface area contributed by atoms with Gasteiger partial charge in [-0.2, -0.15) is 0 Å². The first-order valence-corrected chi connectivity index (χ1v) is 21.2. The van der Waals surface area contributed by atoms with E-state index in [1.54, 1.807) is 12.1 Å². The first-order chi connectivity index (χ1) is 29.4. The van der Waals surface area contributed by atoms with Crippen LogP contribution in [0.4, 0.5) is 0 Å². The lowest BCUT2D eigenvalue weighted by atomic mass is 10.00. The molecule has 1 N–H and O–H groups in total. The number of aromatic carboxylic acids is 1. The molecule has 0 amide bonds. The molecule has 0 spiro atoms. The molecule has 6 heteroatoms. The van der Waals surface area contributed by atoms with E-state index in [4.69, 9.17) is 9.97 Å². The van der Waals surface area contributed by atoms with E-state index < -0.39 is 5.97 Å². The van der Waals surface area contributed by atoms with Crippen LogP contribution in [0.15, 0.2) is 121 Å². The van der Waals surface area contributed by atoms with Gasteiger partial charge in [-0.15, -0.1) is 0 Å². The minimum atomic E-state index is -0.958. The Bertz CT molecular complexity index is 3060. The van der Waals surface area contributed by atoms with Crippen LogP contribution >= 0.6 is 0 Å². The predicted octanol–water partition coefficient (Wildman–Crippen LogP) is 13.6. The van der Waals surface area contributed by atoms with Crippen LogP contribution in [-0.4, -0.2) is 30.1 Å². The van der Waals surface area contributed by atoms with Gasteiger partial charge in [-0.1, -0.05) is 117 Å². The van der Waals surface area contributed by atoms with Gasteiger partial charge in [-0.3, -0.25) is 0 Å². The number of carboxylic acid groups (broad SMARTS) is 1.